The predicted octanol–water partition coefficient (Wildman–Crippen LogP) is 2.71. The van der Waals surface area contributed by atoms with Crippen LogP contribution in [0.25, 0.3) is 0 Å². The van der Waals surface area contributed by atoms with Gasteiger partial charge in [0.25, 0.3) is 11.8 Å². The monoisotopic (exact) mass is 329 g/mol. The van der Waals surface area contributed by atoms with Crippen LogP contribution in [-0.2, 0) is 4.79 Å². The van der Waals surface area contributed by atoms with Crippen LogP contribution in [0, 0.1) is 0 Å². The molecule has 4 amide bonds. The molecule has 1 saturated carbocycles. The summed E-state index contributed by atoms with van der Waals surface area (Å²) in [5, 5.41) is 3.61. The fourth-order valence-corrected chi connectivity index (χ4v) is 3.40. The van der Waals surface area contributed by atoms with Gasteiger partial charge in [0.1, 0.15) is 5.54 Å². The number of nitrogens with zero attached hydrogens (tertiary/aromatic N) is 1. The lowest BCUT2D eigenvalue weighted by molar-refractivity contribution is -0.134. The summed E-state index contributed by atoms with van der Waals surface area (Å²) >= 11 is 0. The lowest BCUT2D eigenvalue weighted by Crippen LogP contribution is -2.50. The van der Waals surface area contributed by atoms with Crippen molar-refractivity contribution in [3.05, 3.63) is 35.4 Å². The van der Waals surface area contributed by atoms with Crippen LogP contribution in [0.1, 0.15) is 67.8 Å². The van der Waals surface area contributed by atoms with Crippen molar-refractivity contribution in [2.75, 3.05) is 0 Å². The Balaban J connectivity index is 1.72. The molecule has 0 radical (unpaired) electrons. The Hall–Kier alpha value is -2.37. The lowest BCUT2D eigenvalue weighted by Gasteiger charge is -2.30. The average molecular weight is 329 g/mol. The lowest BCUT2D eigenvalue weighted by atomic mass is 9.82. The predicted molar refractivity (Wildman–Crippen MR) is 89.2 cm³/mol. The highest BCUT2D eigenvalue weighted by molar-refractivity contribution is 6.09. The first-order valence-corrected chi connectivity index (χ1v) is 8.51. The van der Waals surface area contributed by atoms with Crippen molar-refractivity contribution in [1.82, 2.24) is 15.8 Å². The van der Waals surface area contributed by atoms with Gasteiger partial charge in [0.2, 0.25) is 0 Å². The molecule has 2 fully saturated rings. The van der Waals surface area contributed by atoms with E-state index in [0.717, 1.165) is 29.8 Å². The standard InChI is InChI=1S/C18H23N3O3/c1-12(2)13-6-8-14(9-7-13)15(22)20-21-16(23)18(19-17(21)24)10-4-3-5-11-18/h6-9,12H,3-5,10-11H2,1-2H3,(H,19,24)(H,20,22). The molecule has 1 aromatic carbocycles. The third kappa shape index (κ3) is 2.88. The van der Waals surface area contributed by atoms with Gasteiger partial charge >= 0.3 is 6.03 Å². The van der Waals surface area contributed by atoms with E-state index in [4.69, 9.17) is 0 Å². The molecule has 1 heterocycles. The maximum absolute atomic E-state index is 12.6. The van der Waals surface area contributed by atoms with Gasteiger partial charge < -0.3 is 5.32 Å². The highest BCUT2D eigenvalue weighted by Crippen LogP contribution is 2.33. The number of urea groups is 1. The second kappa shape index (κ2) is 6.26. The summed E-state index contributed by atoms with van der Waals surface area (Å²) < 4.78 is 0. The van der Waals surface area contributed by atoms with Crippen LogP contribution in [-0.4, -0.2) is 28.4 Å². The largest absolute Gasteiger partial charge is 0.344 e. The molecule has 6 heteroatoms. The molecule has 3 rings (SSSR count). The zero-order valence-electron chi connectivity index (χ0n) is 14.1. The molecule has 0 aromatic heterocycles. The third-order valence-corrected chi connectivity index (χ3v) is 4.92. The molecule has 0 bridgehead atoms. The number of hydrogen-bond acceptors (Lipinski definition) is 3. The normalized spacial score (nSPS) is 19.7. The number of rotatable bonds is 3. The molecule has 128 valence electrons. The summed E-state index contributed by atoms with van der Waals surface area (Å²) in [6, 6.07) is 6.63. The van der Waals surface area contributed by atoms with Crippen molar-refractivity contribution in [3.63, 3.8) is 0 Å². The number of hydrogen-bond donors (Lipinski definition) is 2. The second-order valence-electron chi connectivity index (χ2n) is 6.93. The Morgan fingerprint density at radius 3 is 2.33 bits per heavy atom. The number of amides is 4. The first-order valence-electron chi connectivity index (χ1n) is 8.51. The van der Waals surface area contributed by atoms with E-state index in [1.807, 2.05) is 12.1 Å². The maximum atomic E-state index is 12.6. The molecule has 0 unspecified atom stereocenters. The van der Waals surface area contributed by atoms with Gasteiger partial charge in [-0.3, -0.25) is 15.0 Å². The molecule has 1 aliphatic carbocycles. The van der Waals surface area contributed by atoms with Gasteiger partial charge in [0, 0.05) is 5.56 Å². The van der Waals surface area contributed by atoms with Crippen molar-refractivity contribution < 1.29 is 14.4 Å². The average Bonchev–Trinajstić information content (AvgIpc) is 2.79. The Morgan fingerprint density at radius 2 is 1.75 bits per heavy atom. The molecule has 1 spiro atoms. The first-order chi connectivity index (χ1) is 11.4. The summed E-state index contributed by atoms with van der Waals surface area (Å²) in [5.74, 6) is -0.430. The van der Waals surface area contributed by atoms with E-state index < -0.39 is 17.5 Å². The Labute approximate surface area is 141 Å². The van der Waals surface area contributed by atoms with E-state index in [-0.39, 0.29) is 5.91 Å². The van der Waals surface area contributed by atoms with Gasteiger partial charge in [-0.1, -0.05) is 45.2 Å². The van der Waals surface area contributed by atoms with Gasteiger partial charge in [0.05, 0.1) is 0 Å². The molecule has 1 aliphatic heterocycles. The fourth-order valence-electron chi connectivity index (χ4n) is 3.40. The summed E-state index contributed by atoms with van der Waals surface area (Å²) in [5.41, 5.74) is 3.17. The minimum Gasteiger partial charge on any atom is -0.322 e. The highest BCUT2D eigenvalue weighted by Gasteiger charge is 2.52. The van der Waals surface area contributed by atoms with Crippen LogP contribution < -0.4 is 10.7 Å². The van der Waals surface area contributed by atoms with E-state index in [0.29, 0.717) is 24.3 Å². The number of carbonyl (C=O) groups is 3. The van der Waals surface area contributed by atoms with Crippen LogP contribution in [0.15, 0.2) is 24.3 Å². The summed E-state index contributed by atoms with van der Waals surface area (Å²) in [6.07, 6.45) is 4.15. The van der Waals surface area contributed by atoms with Gasteiger partial charge in [-0.05, 0) is 36.5 Å². The van der Waals surface area contributed by atoms with E-state index >= 15 is 0 Å². The second-order valence-corrected chi connectivity index (χ2v) is 6.93. The number of nitrogens with one attached hydrogen (secondary N) is 2. The maximum Gasteiger partial charge on any atom is 0.344 e. The van der Waals surface area contributed by atoms with Crippen molar-refractivity contribution in [2.24, 2.45) is 0 Å². The van der Waals surface area contributed by atoms with Crippen LogP contribution in [0.3, 0.4) is 0 Å². The molecule has 0 atom stereocenters. The van der Waals surface area contributed by atoms with Crippen LogP contribution >= 0.6 is 0 Å². The quantitative estimate of drug-likeness (QED) is 0.837. The molecule has 24 heavy (non-hydrogen) atoms. The Bertz CT molecular complexity index is 661. The van der Waals surface area contributed by atoms with Crippen molar-refractivity contribution in [2.45, 2.75) is 57.4 Å². The SMILES string of the molecule is CC(C)c1ccc(C(=O)NN2C(=O)NC3(CCCCC3)C2=O)cc1. The van der Waals surface area contributed by atoms with Gasteiger partial charge in [-0.25, -0.2) is 4.79 Å². The van der Waals surface area contributed by atoms with Gasteiger partial charge in [-0.15, -0.1) is 0 Å². The topological polar surface area (TPSA) is 78.5 Å². The molecular weight excluding hydrogens is 306 g/mol. The number of benzene rings is 1. The molecule has 1 aromatic rings. The highest BCUT2D eigenvalue weighted by atomic mass is 16.2. The number of hydrazine groups is 1. The first kappa shape index (κ1) is 16.5. The van der Waals surface area contributed by atoms with Crippen molar-refractivity contribution >= 4 is 17.8 Å². The van der Waals surface area contributed by atoms with E-state index in [9.17, 15) is 14.4 Å². The summed E-state index contributed by atoms with van der Waals surface area (Å²) in [7, 11) is 0. The van der Waals surface area contributed by atoms with Crippen molar-refractivity contribution in [1.29, 1.82) is 0 Å². The molecule has 2 N–H and O–H groups in total. The van der Waals surface area contributed by atoms with E-state index in [1.165, 1.54) is 0 Å². The molecule has 2 aliphatic rings. The van der Waals surface area contributed by atoms with Gasteiger partial charge in [-0.2, -0.15) is 5.01 Å². The zero-order chi connectivity index (χ0) is 17.3. The number of carbonyl (C=O) groups excluding carboxylic acids is 3. The van der Waals surface area contributed by atoms with Crippen LogP contribution in [0.4, 0.5) is 4.79 Å². The van der Waals surface area contributed by atoms with Crippen molar-refractivity contribution in [3.8, 4) is 0 Å². The zero-order valence-corrected chi connectivity index (χ0v) is 14.1. The third-order valence-electron chi connectivity index (χ3n) is 4.92. The minimum absolute atomic E-state index is 0.348. The molecular formula is C18H23N3O3. The van der Waals surface area contributed by atoms with Crippen LogP contribution in [0.5, 0.6) is 0 Å². The molecule has 6 nitrogen and oxygen atoms in total. The smallest absolute Gasteiger partial charge is 0.322 e. The number of imide groups is 1. The Kier molecular flexibility index (Phi) is 4.30. The molecule has 1 saturated heterocycles. The van der Waals surface area contributed by atoms with Crippen LogP contribution in [0.2, 0.25) is 0 Å². The summed E-state index contributed by atoms with van der Waals surface area (Å²) in [4.78, 5) is 37.1. The fraction of sp³-hybridized carbons (Fsp3) is 0.500. The van der Waals surface area contributed by atoms with Gasteiger partial charge in [0.15, 0.2) is 0 Å². The van der Waals surface area contributed by atoms with E-state index in [1.54, 1.807) is 12.1 Å². The summed E-state index contributed by atoms with van der Waals surface area (Å²) in [6.45, 7) is 4.15. The minimum atomic E-state index is -0.829. The van der Waals surface area contributed by atoms with E-state index in [2.05, 4.69) is 24.6 Å². The Morgan fingerprint density at radius 1 is 1.12 bits per heavy atom.